The molecule has 0 spiro atoms. The van der Waals surface area contributed by atoms with Crippen LogP contribution in [0.3, 0.4) is 0 Å². The fourth-order valence-electron chi connectivity index (χ4n) is 2.52. The van der Waals surface area contributed by atoms with Gasteiger partial charge in [-0.2, -0.15) is 0 Å². The van der Waals surface area contributed by atoms with E-state index in [9.17, 15) is 4.79 Å². The third-order valence-corrected chi connectivity index (χ3v) is 4.59. The second-order valence-corrected chi connectivity index (χ2v) is 6.48. The number of nitrogens with zero attached hydrogens (tertiary/aromatic N) is 3. The number of rotatable bonds is 6. The third kappa shape index (κ3) is 4.83. The molecule has 2 amide bonds. The molecule has 5 nitrogen and oxygen atoms in total. The molecule has 132 valence electrons. The second-order valence-electron chi connectivity index (χ2n) is 5.63. The van der Waals surface area contributed by atoms with E-state index in [0.29, 0.717) is 13.1 Å². The van der Waals surface area contributed by atoms with E-state index >= 15 is 0 Å². The number of benzene rings is 1. The molecule has 0 radical (unpaired) electrons. The Morgan fingerprint density at radius 2 is 1.50 bits per heavy atom. The third-order valence-electron chi connectivity index (χ3n) is 3.79. The van der Waals surface area contributed by atoms with Gasteiger partial charge in [-0.3, -0.25) is 9.97 Å². The molecule has 0 unspecified atom stereocenters. The summed E-state index contributed by atoms with van der Waals surface area (Å²) < 4.78 is 0. The van der Waals surface area contributed by atoms with Gasteiger partial charge in [-0.15, -0.1) is 11.8 Å². The molecular weight excluding hydrogens is 344 g/mol. The fraction of sp³-hybridized carbons (Fsp3) is 0.150. The molecule has 2 heterocycles. The van der Waals surface area contributed by atoms with Crippen LogP contribution in [0.15, 0.2) is 78.0 Å². The predicted molar refractivity (Wildman–Crippen MR) is 105 cm³/mol. The van der Waals surface area contributed by atoms with Crippen molar-refractivity contribution in [2.24, 2.45) is 0 Å². The highest BCUT2D eigenvalue weighted by Crippen LogP contribution is 2.25. The Kier molecular flexibility index (Phi) is 6.22. The standard InChI is InChI=1S/C20H20N4OS/c1-26-19-11-3-2-10-18(19)23-20(25)24(14-16-8-4-6-12-21-16)15-17-9-5-7-13-22-17/h2-13H,14-15H2,1H3,(H,23,25). The topological polar surface area (TPSA) is 58.1 Å². The number of nitrogens with one attached hydrogen (secondary N) is 1. The summed E-state index contributed by atoms with van der Waals surface area (Å²) in [5.74, 6) is 0. The van der Waals surface area contributed by atoms with E-state index in [4.69, 9.17) is 0 Å². The molecule has 26 heavy (non-hydrogen) atoms. The van der Waals surface area contributed by atoms with Crippen molar-refractivity contribution in [3.8, 4) is 0 Å². The Morgan fingerprint density at radius 3 is 2.04 bits per heavy atom. The SMILES string of the molecule is CSc1ccccc1NC(=O)N(Cc1ccccn1)Cc1ccccn1. The number of para-hydroxylation sites is 1. The van der Waals surface area contributed by atoms with Gasteiger partial charge >= 0.3 is 6.03 Å². The summed E-state index contributed by atoms with van der Waals surface area (Å²) in [5, 5.41) is 3.01. The number of hydrogen-bond donors (Lipinski definition) is 1. The van der Waals surface area contributed by atoms with Crippen molar-refractivity contribution in [3.05, 3.63) is 84.4 Å². The lowest BCUT2D eigenvalue weighted by Gasteiger charge is -2.23. The maximum Gasteiger partial charge on any atom is 0.322 e. The molecule has 0 saturated heterocycles. The molecule has 6 heteroatoms. The first-order chi connectivity index (χ1) is 12.8. The maximum absolute atomic E-state index is 12.9. The molecular formula is C20H20N4OS. The van der Waals surface area contributed by atoms with Gasteiger partial charge in [0.2, 0.25) is 0 Å². The molecule has 0 atom stereocenters. The Hall–Kier alpha value is -2.86. The lowest BCUT2D eigenvalue weighted by atomic mass is 10.3. The molecule has 1 aromatic carbocycles. The highest BCUT2D eigenvalue weighted by atomic mass is 32.2. The van der Waals surface area contributed by atoms with Gasteiger partial charge in [-0.05, 0) is 42.7 Å². The highest BCUT2D eigenvalue weighted by molar-refractivity contribution is 7.98. The molecule has 3 aromatic rings. The van der Waals surface area contributed by atoms with Crippen molar-refractivity contribution >= 4 is 23.5 Å². The Bertz CT molecular complexity index is 801. The van der Waals surface area contributed by atoms with Gasteiger partial charge in [0.1, 0.15) is 0 Å². The summed E-state index contributed by atoms with van der Waals surface area (Å²) >= 11 is 1.60. The lowest BCUT2D eigenvalue weighted by molar-refractivity contribution is 0.205. The summed E-state index contributed by atoms with van der Waals surface area (Å²) in [6.45, 7) is 0.815. The number of thioether (sulfide) groups is 1. The molecule has 1 N–H and O–H groups in total. The van der Waals surface area contributed by atoms with Crippen molar-refractivity contribution < 1.29 is 4.79 Å². The van der Waals surface area contributed by atoms with Crippen molar-refractivity contribution in [2.75, 3.05) is 11.6 Å². The molecule has 0 aliphatic rings. The minimum atomic E-state index is -0.178. The zero-order chi connectivity index (χ0) is 18.2. The van der Waals surface area contributed by atoms with E-state index in [1.807, 2.05) is 66.9 Å². The van der Waals surface area contributed by atoms with Crippen LogP contribution in [0.2, 0.25) is 0 Å². The Morgan fingerprint density at radius 1 is 0.923 bits per heavy atom. The minimum absolute atomic E-state index is 0.178. The average Bonchev–Trinajstić information content (AvgIpc) is 2.69. The van der Waals surface area contributed by atoms with E-state index in [-0.39, 0.29) is 6.03 Å². The minimum Gasteiger partial charge on any atom is -0.313 e. The lowest BCUT2D eigenvalue weighted by Crippen LogP contribution is -2.34. The van der Waals surface area contributed by atoms with Gasteiger partial charge < -0.3 is 10.2 Å². The largest absolute Gasteiger partial charge is 0.322 e. The highest BCUT2D eigenvalue weighted by Gasteiger charge is 2.17. The van der Waals surface area contributed by atoms with E-state index in [0.717, 1.165) is 22.0 Å². The van der Waals surface area contributed by atoms with Crippen LogP contribution in [-0.2, 0) is 13.1 Å². The van der Waals surface area contributed by atoms with Crippen LogP contribution in [0.25, 0.3) is 0 Å². The van der Waals surface area contributed by atoms with Crippen LogP contribution in [0.5, 0.6) is 0 Å². The molecule has 0 bridgehead atoms. The molecule has 0 aliphatic heterocycles. The normalized spacial score (nSPS) is 10.3. The first-order valence-corrected chi connectivity index (χ1v) is 9.47. The fourth-order valence-corrected chi connectivity index (χ4v) is 3.07. The summed E-state index contributed by atoms with van der Waals surface area (Å²) in [6, 6.07) is 19.0. The molecule has 0 fully saturated rings. The van der Waals surface area contributed by atoms with Crippen molar-refractivity contribution in [3.63, 3.8) is 0 Å². The zero-order valence-corrected chi connectivity index (χ0v) is 15.3. The number of carbonyl (C=O) groups is 1. The van der Waals surface area contributed by atoms with E-state index in [2.05, 4.69) is 15.3 Å². The predicted octanol–water partition coefficient (Wildman–Crippen LogP) is 4.43. The first kappa shape index (κ1) is 17.9. The van der Waals surface area contributed by atoms with Crippen molar-refractivity contribution in [2.45, 2.75) is 18.0 Å². The van der Waals surface area contributed by atoms with Crippen molar-refractivity contribution in [1.29, 1.82) is 0 Å². The van der Waals surface area contributed by atoms with Gasteiger partial charge in [0, 0.05) is 17.3 Å². The second kappa shape index (κ2) is 9.01. The molecule has 2 aromatic heterocycles. The molecule has 0 saturated carbocycles. The number of urea groups is 1. The summed E-state index contributed by atoms with van der Waals surface area (Å²) in [6.07, 6.45) is 5.45. The summed E-state index contributed by atoms with van der Waals surface area (Å²) in [7, 11) is 0. The Balaban J connectivity index is 1.80. The number of amides is 2. The number of hydrogen-bond acceptors (Lipinski definition) is 4. The van der Waals surface area contributed by atoms with Gasteiger partial charge in [-0.1, -0.05) is 24.3 Å². The number of aromatic nitrogens is 2. The van der Waals surface area contributed by atoms with Crippen molar-refractivity contribution in [1.82, 2.24) is 14.9 Å². The number of anilines is 1. The van der Waals surface area contributed by atoms with Crippen LogP contribution in [0, 0.1) is 0 Å². The monoisotopic (exact) mass is 364 g/mol. The summed E-state index contributed by atoms with van der Waals surface area (Å²) in [5.41, 5.74) is 2.46. The van der Waals surface area contributed by atoms with Crippen LogP contribution in [0.1, 0.15) is 11.4 Å². The maximum atomic E-state index is 12.9. The zero-order valence-electron chi connectivity index (χ0n) is 14.5. The summed E-state index contributed by atoms with van der Waals surface area (Å²) in [4.78, 5) is 24.3. The smallest absolute Gasteiger partial charge is 0.313 e. The van der Waals surface area contributed by atoms with Crippen LogP contribution < -0.4 is 5.32 Å². The van der Waals surface area contributed by atoms with Gasteiger partial charge in [0.25, 0.3) is 0 Å². The average molecular weight is 364 g/mol. The number of pyridine rings is 2. The number of carbonyl (C=O) groups excluding carboxylic acids is 1. The van der Waals surface area contributed by atoms with Crippen LogP contribution >= 0.6 is 11.8 Å². The van der Waals surface area contributed by atoms with Crippen LogP contribution in [-0.4, -0.2) is 27.2 Å². The van der Waals surface area contributed by atoms with Gasteiger partial charge in [0.05, 0.1) is 30.2 Å². The van der Waals surface area contributed by atoms with Crippen LogP contribution in [0.4, 0.5) is 10.5 Å². The molecule has 3 rings (SSSR count). The van der Waals surface area contributed by atoms with Gasteiger partial charge in [0.15, 0.2) is 0 Å². The van der Waals surface area contributed by atoms with E-state index in [1.165, 1.54) is 0 Å². The first-order valence-electron chi connectivity index (χ1n) is 8.25. The Labute approximate surface area is 157 Å². The van der Waals surface area contributed by atoms with E-state index in [1.54, 1.807) is 29.1 Å². The van der Waals surface area contributed by atoms with E-state index < -0.39 is 0 Å². The van der Waals surface area contributed by atoms with Gasteiger partial charge in [-0.25, -0.2) is 4.79 Å². The molecule has 0 aliphatic carbocycles. The quantitative estimate of drug-likeness (QED) is 0.657.